The molecule has 2 heterocycles. The van der Waals surface area contributed by atoms with Gasteiger partial charge in [0, 0.05) is 46.7 Å². The van der Waals surface area contributed by atoms with Gasteiger partial charge in [-0.3, -0.25) is 9.79 Å². The average Bonchev–Trinajstić information content (AvgIpc) is 2.83. The first-order chi connectivity index (χ1) is 15.6. The molecule has 0 unspecified atom stereocenters. The number of guanidine groups is 1. The summed E-state index contributed by atoms with van der Waals surface area (Å²) >= 11 is 0. The Kier molecular flexibility index (Phi) is 7.14. The summed E-state index contributed by atoms with van der Waals surface area (Å²) in [4.78, 5) is 21.1. The van der Waals surface area contributed by atoms with Crippen LogP contribution in [0.1, 0.15) is 29.5 Å². The van der Waals surface area contributed by atoms with E-state index in [1.54, 1.807) is 7.05 Å². The van der Waals surface area contributed by atoms with Crippen LogP contribution >= 0.6 is 0 Å². The molecule has 0 fully saturated rings. The van der Waals surface area contributed by atoms with E-state index >= 15 is 0 Å². The molecule has 0 bridgehead atoms. The fourth-order valence-corrected chi connectivity index (χ4v) is 4.23. The van der Waals surface area contributed by atoms with Crippen LogP contribution in [0.15, 0.2) is 47.5 Å². The van der Waals surface area contributed by atoms with Crippen molar-refractivity contribution in [3.05, 3.63) is 59.2 Å². The van der Waals surface area contributed by atoms with E-state index in [9.17, 15) is 4.79 Å². The summed E-state index contributed by atoms with van der Waals surface area (Å²) in [5.74, 6) is 2.62. The van der Waals surface area contributed by atoms with E-state index in [4.69, 9.17) is 9.47 Å². The fourth-order valence-electron chi connectivity index (χ4n) is 4.23. The smallest absolute Gasteiger partial charge is 0.222 e. The first-order valence-corrected chi connectivity index (χ1v) is 11.3. The molecule has 2 aromatic carbocycles. The van der Waals surface area contributed by atoms with Gasteiger partial charge < -0.3 is 24.6 Å². The van der Waals surface area contributed by atoms with Crippen LogP contribution in [0.25, 0.3) is 0 Å². The standard InChI is InChI=1S/C25H32N4O3/c1-26-25(28(2)17-19-9-10-22-23(16-19)32-15-14-31-22)27-12-5-8-24(30)29-13-11-20-6-3-4-7-21(20)18-29/h3-4,6-7,9-10,16H,5,8,11-15,17-18H2,1-2H3,(H,26,27). The monoisotopic (exact) mass is 436 g/mol. The van der Waals surface area contributed by atoms with Gasteiger partial charge in [-0.25, -0.2) is 0 Å². The third-order valence-electron chi connectivity index (χ3n) is 5.93. The van der Waals surface area contributed by atoms with Gasteiger partial charge in [0.2, 0.25) is 5.91 Å². The molecule has 0 saturated heterocycles. The number of ether oxygens (including phenoxy) is 2. The zero-order valence-corrected chi connectivity index (χ0v) is 19.0. The maximum absolute atomic E-state index is 12.7. The van der Waals surface area contributed by atoms with E-state index in [1.165, 1.54) is 11.1 Å². The minimum atomic E-state index is 0.223. The molecular weight excluding hydrogens is 404 g/mol. The van der Waals surface area contributed by atoms with Crippen molar-refractivity contribution in [3.63, 3.8) is 0 Å². The molecule has 0 atom stereocenters. The molecule has 1 amide bonds. The zero-order chi connectivity index (χ0) is 22.3. The molecule has 0 spiro atoms. The first kappa shape index (κ1) is 22.0. The molecule has 0 aromatic heterocycles. The van der Waals surface area contributed by atoms with E-state index in [1.807, 2.05) is 36.2 Å². The SMILES string of the molecule is CN=C(NCCCC(=O)N1CCc2ccccc2C1)N(C)Cc1ccc2c(c1)OCCO2. The minimum Gasteiger partial charge on any atom is -0.486 e. The van der Waals surface area contributed by atoms with Crippen molar-refractivity contribution in [2.45, 2.75) is 32.4 Å². The van der Waals surface area contributed by atoms with Gasteiger partial charge in [0.15, 0.2) is 17.5 Å². The molecular formula is C25H32N4O3. The van der Waals surface area contributed by atoms with Crippen molar-refractivity contribution >= 4 is 11.9 Å². The Morgan fingerprint density at radius 1 is 1.12 bits per heavy atom. The Hall–Kier alpha value is -3.22. The number of aliphatic imine (C=N–C) groups is 1. The van der Waals surface area contributed by atoms with Crippen molar-refractivity contribution in [2.24, 2.45) is 4.99 Å². The number of hydrogen-bond donors (Lipinski definition) is 1. The second kappa shape index (κ2) is 10.4. The summed E-state index contributed by atoms with van der Waals surface area (Å²) in [7, 11) is 3.78. The van der Waals surface area contributed by atoms with Gasteiger partial charge in [-0.1, -0.05) is 30.3 Å². The van der Waals surface area contributed by atoms with Crippen LogP contribution in [-0.4, -0.2) is 62.1 Å². The number of amides is 1. The van der Waals surface area contributed by atoms with Gasteiger partial charge in [-0.05, 0) is 41.7 Å². The van der Waals surface area contributed by atoms with Crippen LogP contribution < -0.4 is 14.8 Å². The summed E-state index contributed by atoms with van der Waals surface area (Å²) < 4.78 is 11.3. The van der Waals surface area contributed by atoms with Gasteiger partial charge in [0.1, 0.15) is 13.2 Å². The molecule has 1 N–H and O–H groups in total. The van der Waals surface area contributed by atoms with Crippen molar-refractivity contribution in [1.29, 1.82) is 0 Å². The summed E-state index contributed by atoms with van der Waals surface area (Å²) in [5.41, 5.74) is 3.76. The maximum atomic E-state index is 12.7. The molecule has 7 heteroatoms. The van der Waals surface area contributed by atoms with Crippen LogP contribution in [-0.2, 0) is 24.3 Å². The number of nitrogens with zero attached hydrogens (tertiary/aromatic N) is 3. The second-order valence-corrected chi connectivity index (χ2v) is 8.25. The number of benzene rings is 2. The lowest BCUT2D eigenvalue weighted by molar-refractivity contribution is -0.132. The van der Waals surface area contributed by atoms with E-state index in [-0.39, 0.29) is 5.91 Å². The Labute approximate surface area is 190 Å². The maximum Gasteiger partial charge on any atom is 0.222 e. The quantitative estimate of drug-likeness (QED) is 0.429. The summed E-state index contributed by atoms with van der Waals surface area (Å²) in [6, 6.07) is 14.4. The predicted molar refractivity (Wildman–Crippen MR) is 125 cm³/mol. The minimum absolute atomic E-state index is 0.223. The lowest BCUT2D eigenvalue weighted by Crippen LogP contribution is -2.39. The van der Waals surface area contributed by atoms with Crippen LogP contribution in [0, 0.1) is 0 Å². The second-order valence-electron chi connectivity index (χ2n) is 8.25. The fraction of sp³-hybridized carbons (Fsp3) is 0.440. The molecule has 0 radical (unpaired) electrons. The Balaban J connectivity index is 1.21. The van der Waals surface area contributed by atoms with Crippen molar-refractivity contribution in [3.8, 4) is 11.5 Å². The van der Waals surface area contributed by atoms with Crippen LogP contribution in [0.4, 0.5) is 0 Å². The van der Waals surface area contributed by atoms with E-state index in [0.717, 1.165) is 49.0 Å². The van der Waals surface area contributed by atoms with Crippen molar-refractivity contribution in [1.82, 2.24) is 15.1 Å². The Morgan fingerprint density at radius 2 is 1.91 bits per heavy atom. The first-order valence-electron chi connectivity index (χ1n) is 11.3. The Bertz CT molecular complexity index is 975. The van der Waals surface area contributed by atoms with Crippen molar-refractivity contribution < 1.29 is 14.3 Å². The molecule has 4 rings (SSSR count). The van der Waals surface area contributed by atoms with Crippen LogP contribution in [0.2, 0.25) is 0 Å². The average molecular weight is 437 g/mol. The number of carbonyl (C=O) groups is 1. The molecule has 0 saturated carbocycles. The third-order valence-corrected chi connectivity index (χ3v) is 5.93. The molecule has 7 nitrogen and oxygen atoms in total. The van der Waals surface area contributed by atoms with Gasteiger partial charge in [-0.15, -0.1) is 0 Å². The highest BCUT2D eigenvalue weighted by Gasteiger charge is 2.20. The Morgan fingerprint density at radius 3 is 2.72 bits per heavy atom. The predicted octanol–water partition coefficient (Wildman–Crippen LogP) is 2.83. The number of carbonyl (C=O) groups excluding carboxylic acids is 1. The number of hydrogen-bond acceptors (Lipinski definition) is 4. The van der Waals surface area contributed by atoms with E-state index < -0.39 is 0 Å². The zero-order valence-electron chi connectivity index (χ0n) is 19.0. The van der Waals surface area contributed by atoms with E-state index in [0.29, 0.717) is 32.7 Å². The normalized spacial score (nSPS) is 15.2. The summed E-state index contributed by atoms with van der Waals surface area (Å²) in [6.07, 6.45) is 2.25. The molecule has 2 aromatic rings. The molecule has 32 heavy (non-hydrogen) atoms. The van der Waals surface area contributed by atoms with Gasteiger partial charge >= 0.3 is 0 Å². The van der Waals surface area contributed by atoms with Gasteiger partial charge in [0.05, 0.1) is 0 Å². The van der Waals surface area contributed by atoms with Crippen LogP contribution in [0.5, 0.6) is 11.5 Å². The van der Waals surface area contributed by atoms with Crippen molar-refractivity contribution in [2.75, 3.05) is 40.4 Å². The highest BCUT2D eigenvalue weighted by molar-refractivity contribution is 5.80. The number of rotatable bonds is 6. The largest absolute Gasteiger partial charge is 0.486 e. The highest BCUT2D eigenvalue weighted by Crippen LogP contribution is 2.31. The summed E-state index contributed by atoms with van der Waals surface area (Å²) in [5, 5.41) is 3.37. The van der Waals surface area contributed by atoms with Crippen LogP contribution in [0.3, 0.4) is 0 Å². The number of nitrogens with one attached hydrogen (secondary N) is 1. The molecule has 170 valence electrons. The highest BCUT2D eigenvalue weighted by atomic mass is 16.6. The van der Waals surface area contributed by atoms with Gasteiger partial charge in [-0.2, -0.15) is 0 Å². The lowest BCUT2D eigenvalue weighted by Gasteiger charge is -2.29. The lowest BCUT2D eigenvalue weighted by atomic mass is 9.99. The number of fused-ring (bicyclic) bond motifs is 2. The summed E-state index contributed by atoms with van der Waals surface area (Å²) in [6.45, 7) is 4.11. The molecule has 0 aliphatic carbocycles. The van der Waals surface area contributed by atoms with E-state index in [2.05, 4.69) is 33.4 Å². The van der Waals surface area contributed by atoms with Gasteiger partial charge in [0.25, 0.3) is 0 Å². The third kappa shape index (κ3) is 5.33. The topological polar surface area (TPSA) is 66.4 Å². The molecule has 2 aliphatic rings. The molecule has 2 aliphatic heterocycles.